The lowest BCUT2D eigenvalue weighted by Crippen LogP contribution is -2.52. The van der Waals surface area contributed by atoms with E-state index in [1.165, 1.54) is 0 Å². The Balaban J connectivity index is 1.99. The zero-order chi connectivity index (χ0) is 11.7. The molecule has 0 bridgehead atoms. The second kappa shape index (κ2) is 4.39. The predicted octanol–water partition coefficient (Wildman–Crippen LogP) is -1.39. The molecule has 2 aliphatic heterocycles. The SMILES string of the molecule is NC(CN1CCCC2C(=O)NCC21)C(=O)O. The molecule has 0 aliphatic carbocycles. The van der Waals surface area contributed by atoms with Crippen molar-refractivity contribution in [2.45, 2.75) is 24.9 Å². The molecule has 2 aliphatic rings. The Morgan fingerprint density at radius 3 is 3.12 bits per heavy atom. The molecule has 0 aromatic heterocycles. The number of carbonyl (C=O) groups is 2. The molecule has 3 atom stereocenters. The van der Waals surface area contributed by atoms with E-state index in [0.29, 0.717) is 13.1 Å². The van der Waals surface area contributed by atoms with Gasteiger partial charge >= 0.3 is 5.97 Å². The molecule has 2 fully saturated rings. The fourth-order valence-electron chi connectivity index (χ4n) is 2.60. The number of hydrogen-bond acceptors (Lipinski definition) is 4. The van der Waals surface area contributed by atoms with Crippen LogP contribution in [0.15, 0.2) is 0 Å². The quantitative estimate of drug-likeness (QED) is 0.551. The fraction of sp³-hybridized carbons (Fsp3) is 0.800. The first-order valence-electron chi connectivity index (χ1n) is 5.59. The van der Waals surface area contributed by atoms with Gasteiger partial charge in [0.25, 0.3) is 0 Å². The van der Waals surface area contributed by atoms with Gasteiger partial charge in [-0.1, -0.05) is 0 Å². The lowest BCUT2D eigenvalue weighted by molar-refractivity contribution is -0.139. The van der Waals surface area contributed by atoms with E-state index in [-0.39, 0.29) is 17.9 Å². The summed E-state index contributed by atoms with van der Waals surface area (Å²) in [5, 5.41) is 11.6. The van der Waals surface area contributed by atoms with Crippen LogP contribution < -0.4 is 11.1 Å². The molecular formula is C10H17N3O3. The van der Waals surface area contributed by atoms with Gasteiger partial charge in [-0.3, -0.25) is 14.5 Å². The van der Waals surface area contributed by atoms with Crippen LogP contribution in [-0.2, 0) is 9.59 Å². The van der Waals surface area contributed by atoms with Crippen molar-refractivity contribution in [3.8, 4) is 0 Å². The molecule has 0 spiro atoms. The predicted molar refractivity (Wildman–Crippen MR) is 56.7 cm³/mol. The summed E-state index contributed by atoms with van der Waals surface area (Å²) >= 11 is 0. The van der Waals surface area contributed by atoms with Crippen LogP contribution >= 0.6 is 0 Å². The van der Waals surface area contributed by atoms with Crippen LogP contribution in [0.5, 0.6) is 0 Å². The summed E-state index contributed by atoms with van der Waals surface area (Å²) in [5.74, 6) is -0.868. The minimum absolute atomic E-state index is 0.0229. The summed E-state index contributed by atoms with van der Waals surface area (Å²) < 4.78 is 0. The Morgan fingerprint density at radius 1 is 1.69 bits per heavy atom. The van der Waals surface area contributed by atoms with Crippen molar-refractivity contribution in [2.24, 2.45) is 11.7 Å². The smallest absolute Gasteiger partial charge is 0.321 e. The summed E-state index contributed by atoms with van der Waals surface area (Å²) in [5.41, 5.74) is 5.52. The number of carbonyl (C=O) groups excluding carboxylic acids is 1. The molecule has 2 rings (SSSR count). The molecule has 4 N–H and O–H groups in total. The number of fused-ring (bicyclic) bond motifs is 1. The molecule has 2 saturated heterocycles. The Hall–Kier alpha value is -1.14. The van der Waals surface area contributed by atoms with Gasteiger partial charge in [0.05, 0.1) is 5.92 Å². The van der Waals surface area contributed by atoms with Gasteiger partial charge in [-0.2, -0.15) is 0 Å². The highest BCUT2D eigenvalue weighted by Gasteiger charge is 2.41. The lowest BCUT2D eigenvalue weighted by atomic mass is 9.91. The maximum absolute atomic E-state index is 11.5. The number of piperidine rings is 1. The van der Waals surface area contributed by atoms with Gasteiger partial charge in [0.1, 0.15) is 6.04 Å². The van der Waals surface area contributed by atoms with E-state index >= 15 is 0 Å². The molecule has 6 nitrogen and oxygen atoms in total. The number of likely N-dealkylation sites (tertiary alicyclic amines) is 1. The zero-order valence-electron chi connectivity index (χ0n) is 9.06. The van der Waals surface area contributed by atoms with Crippen molar-refractivity contribution in [1.29, 1.82) is 0 Å². The van der Waals surface area contributed by atoms with Crippen LogP contribution in [0.4, 0.5) is 0 Å². The topological polar surface area (TPSA) is 95.7 Å². The molecule has 0 aromatic rings. The number of amides is 1. The van der Waals surface area contributed by atoms with Gasteiger partial charge < -0.3 is 16.2 Å². The van der Waals surface area contributed by atoms with Crippen LogP contribution in [0.25, 0.3) is 0 Å². The first kappa shape index (κ1) is 11.3. The number of carboxylic acid groups (broad SMARTS) is 1. The number of hydrogen-bond donors (Lipinski definition) is 3. The van der Waals surface area contributed by atoms with E-state index in [9.17, 15) is 9.59 Å². The standard InChI is InChI=1S/C10H17N3O3/c11-7(10(15)16)5-13-3-1-2-6-8(13)4-12-9(6)14/h6-8H,1-5,11H2,(H,12,14)(H,15,16). The van der Waals surface area contributed by atoms with Gasteiger partial charge in [0.2, 0.25) is 5.91 Å². The summed E-state index contributed by atoms with van der Waals surface area (Å²) in [6.07, 6.45) is 1.83. The largest absolute Gasteiger partial charge is 0.480 e. The van der Waals surface area contributed by atoms with Crippen LogP contribution in [-0.4, -0.2) is 53.6 Å². The van der Waals surface area contributed by atoms with E-state index in [0.717, 1.165) is 19.4 Å². The van der Waals surface area contributed by atoms with E-state index in [1.807, 2.05) is 4.90 Å². The second-order valence-electron chi connectivity index (χ2n) is 4.50. The van der Waals surface area contributed by atoms with Gasteiger partial charge in [-0.15, -0.1) is 0 Å². The third kappa shape index (κ3) is 2.03. The van der Waals surface area contributed by atoms with Crippen LogP contribution in [0.3, 0.4) is 0 Å². The van der Waals surface area contributed by atoms with Gasteiger partial charge in [-0.25, -0.2) is 0 Å². The number of nitrogens with one attached hydrogen (secondary N) is 1. The average Bonchev–Trinajstić information content (AvgIpc) is 2.62. The molecule has 16 heavy (non-hydrogen) atoms. The van der Waals surface area contributed by atoms with E-state index in [1.54, 1.807) is 0 Å². The van der Waals surface area contributed by atoms with E-state index in [4.69, 9.17) is 10.8 Å². The molecule has 6 heteroatoms. The van der Waals surface area contributed by atoms with Crippen molar-refractivity contribution in [3.05, 3.63) is 0 Å². The first-order chi connectivity index (χ1) is 7.59. The summed E-state index contributed by atoms with van der Waals surface area (Å²) in [6, 6.07) is -0.735. The minimum atomic E-state index is -0.987. The highest BCUT2D eigenvalue weighted by Crippen LogP contribution is 2.27. The second-order valence-corrected chi connectivity index (χ2v) is 4.50. The number of rotatable bonds is 3. The zero-order valence-corrected chi connectivity index (χ0v) is 9.06. The summed E-state index contributed by atoms with van der Waals surface area (Å²) in [4.78, 5) is 24.2. The molecule has 0 radical (unpaired) electrons. The molecule has 0 aromatic carbocycles. The van der Waals surface area contributed by atoms with Gasteiger partial charge in [0, 0.05) is 19.1 Å². The highest BCUT2D eigenvalue weighted by atomic mass is 16.4. The Morgan fingerprint density at radius 2 is 2.44 bits per heavy atom. The van der Waals surface area contributed by atoms with Crippen molar-refractivity contribution < 1.29 is 14.7 Å². The number of nitrogens with zero attached hydrogens (tertiary/aromatic N) is 1. The van der Waals surface area contributed by atoms with Gasteiger partial charge in [0.15, 0.2) is 0 Å². The molecule has 2 heterocycles. The first-order valence-corrected chi connectivity index (χ1v) is 5.59. The van der Waals surface area contributed by atoms with Crippen LogP contribution in [0.2, 0.25) is 0 Å². The van der Waals surface area contributed by atoms with Crippen molar-refractivity contribution in [2.75, 3.05) is 19.6 Å². The summed E-state index contributed by atoms with van der Waals surface area (Å²) in [7, 11) is 0. The number of aliphatic carboxylic acids is 1. The maximum Gasteiger partial charge on any atom is 0.321 e. The number of nitrogens with two attached hydrogens (primary N) is 1. The van der Waals surface area contributed by atoms with E-state index in [2.05, 4.69) is 5.32 Å². The third-order valence-corrected chi connectivity index (χ3v) is 3.46. The molecular weight excluding hydrogens is 210 g/mol. The van der Waals surface area contributed by atoms with Crippen molar-refractivity contribution in [3.63, 3.8) is 0 Å². The molecule has 0 saturated carbocycles. The molecule has 3 unspecified atom stereocenters. The molecule has 1 amide bonds. The van der Waals surface area contributed by atoms with Crippen LogP contribution in [0.1, 0.15) is 12.8 Å². The van der Waals surface area contributed by atoms with Crippen molar-refractivity contribution >= 4 is 11.9 Å². The minimum Gasteiger partial charge on any atom is -0.480 e. The lowest BCUT2D eigenvalue weighted by Gasteiger charge is -2.36. The van der Waals surface area contributed by atoms with E-state index < -0.39 is 12.0 Å². The summed E-state index contributed by atoms with van der Waals surface area (Å²) in [6.45, 7) is 1.78. The maximum atomic E-state index is 11.5. The molecule has 90 valence electrons. The highest BCUT2D eigenvalue weighted by molar-refractivity contribution is 5.82. The average molecular weight is 227 g/mol. The third-order valence-electron chi connectivity index (χ3n) is 3.46. The fourth-order valence-corrected chi connectivity index (χ4v) is 2.60. The number of carboxylic acids is 1. The van der Waals surface area contributed by atoms with Gasteiger partial charge in [-0.05, 0) is 19.4 Å². The normalized spacial score (nSPS) is 31.9. The Bertz CT molecular complexity index is 308. The monoisotopic (exact) mass is 227 g/mol. The Labute approximate surface area is 93.8 Å². The Kier molecular flexibility index (Phi) is 3.11. The van der Waals surface area contributed by atoms with Crippen LogP contribution in [0, 0.1) is 5.92 Å². The van der Waals surface area contributed by atoms with Crippen molar-refractivity contribution in [1.82, 2.24) is 10.2 Å².